The summed E-state index contributed by atoms with van der Waals surface area (Å²) < 4.78 is 19.9. The van der Waals surface area contributed by atoms with Crippen LogP contribution in [0.5, 0.6) is 5.75 Å². The van der Waals surface area contributed by atoms with Crippen molar-refractivity contribution >= 4 is 0 Å². The van der Waals surface area contributed by atoms with Crippen LogP contribution in [0.3, 0.4) is 0 Å². The van der Waals surface area contributed by atoms with E-state index in [1.54, 1.807) is 0 Å². The van der Waals surface area contributed by atoms with Gasteiger partial charge in [-0.15, -0.1) is 0 Å². The molecule has 1 unspecified atom stereocenters. The van der Waals surface area contributed by atoms with E-state index < -0.39 is 0 Å². The average Bonchev–Trinajstić information content (AvgIpc) is 2.89. The van der Waals surface area contributed by atoms with Gasteiger partial charge in [-0.2, -0.15) is 0 Å². The lowest BCUT2D eigenvalue weighted by Gasteiger charge is -2.17. The molecule has 0 bridgehead atoms. The number of rotatable bonds is 6. The maximum absolute atomic E-state index is 14.1. The molecule has 1 N–H and O–H groups in total. The van der Waals surface area contributed by atoms with Gasteiger partial charge in [-0.1, -0.05) is 13.0 Å². The van der Waals surface area contributed by atoms with Crippen LogP contribution in [0.2, 0.25) is 0 Å². The Labute approximate surface area is 115 Å². The molecular weight excluding hydrogens is 241 g/mol. The van der Waals surface area contributed by atoms with Gasteiger partial charge in [0.2, 0.25) is 0 Å². The molecule has 1 aromatic rings. The van der Waals surface area contributed by atoms with Crippen LogP contribution >= 0.6 is 0 Å². The minimum atomic E-state index is -0.174. The highest BCUT2D eigenvalue weighted by atomic mass is 19.1. The van der Waals surface area contributed by atoms with Crippen LogP contribution in [-0.4, -0.2) is 12.6 Å². The Balaban J connectivity index is 1.99. The second-order valence-electron chi connectivity index (χ2n) is 5.38. The van der Waals surface area contributed by atoms with Gasteiger partial charge in [-0.25, -0.2) is 4.39 Å². The number of halogens is 1. The van der Waals surface area contributed by atoms with Crippen LogP contribution in [0.4, 0.5) is 4.39 Å². The molecule has 1 fully saturated rings. The number of benzene rings is 1. The van der Waals surface area contributed by atoms with Gasteiger partial charge < -0.3 is 10.1 Å². The Hall–Kier alpha value is -1.09. The molecular formula is C16H24FNO. The fraction of sp³-hybridized carbons (Fsp3) is 0.625. The summed E-state index contributed by atoms with van der Waals surface area (Å²) in [6.07, 6.45) is 5.97. The third-order valence-corrected chi connectivity index (χ3v) is 3.74. The van der Waals surface area contributed by atoms with Crippen molar-refractivity contribution in [3.05, 3.63) is 29.6 Å². The number of ether oxygens (including phenoxy) is 1. The molecule has 0 saturated heterocycles. The fourth-order valence-corrected chi connectivity index (χ4v) is 2.60. The van der Waals surface area contributed by atoms with Crippen LogP contribution in [0, 0.1) is 5.82 Å². The zero-order chi connectivity index (χ0) is 13.7. The van der Waals surface area contributed by atoms with Crippen molar-refractivity contribution in [1.82, 2.24) is 5.32 Å². The third kappa shape index (κ3) is 3.93. The number of hydrogen-bond donors (Lipinski definition) is 1. The standard InChI is InChI=1S/C16H24FNO/c1-3-10-18-12(2)15-9-8-14(11-16(15)17)19-13-6-4-5-7-13/h8-9,11-13,18H,3-7,10H2,1-2H3. The first-order valence-corrected chi connectivity index (χ1v) is 7.40. The lowest BCUT2D eigenvalue weighted by Crippen LogP contribution is -2.20. The maximum atomic E-state index is 14.1. The van der Waals surface area contributed by atoms with Crippen LogP contribution in [0.25, 0.3) is 0 Å². The first-order chi connectivity index (χ1) is 9.20. The van der Waals surface area contributed by atoms with E-state index in [1.807, 2.05) is 19.1 Å². The molecule has 3 heteroatoms. The second-order valence-corrected chi connectivity index (χ2v) is 5.38. The monoisotopic (exact) mass is 265 g/mol. The first kappa shape index (κ1) is 14.3. The highest BCUT2D eigenvalue weighted by molar-refractivity contribution is 5.30. The van der Waals surface area contributed by atoms with E-state index in [2.05, 4.69) is 12.2 Å². The Morgan fingerprint density at radius 3 is 2.74 bits per heavy atom. The van der Waals surface area contributed by atoms with E-state index in [0.29, 0.717) is 11.3 Å². The predicted octanol–water partition coefficient (Wildman–Crippen LogP) is 4.21. The van der Waals surface area contributed by atoms with Gasteiger partial charge in [0.1, 0.15) is 11.6 Å². The lowest BCUT2D eigenvalue weighted by molar-refractivity contribution is 0.209. The highest BCUT2D eigenvalue weighted by Crippen LogP contribution is 2.27. The summed E-state index contributed by atoms with van der Waals surface area (Å²) in [6, 6.07) is 5.30. The SMILES string of the molecule is CCCNC(C)c1ccc(OC2CCCC2)cc1F. The van der Waals surface area contributed by atoms with Crippen molar-refractivity contribution in [2.75, 3.05) is 6.54 Å². The van der Waals surface area contributed by atoms with Crippen LogP contribution in [-0.2, 0) is 0 Å². The molecule has 1 saturated carbocycles. The van der Waals surface area contributed by atoms with Crippen molar-refractivity contribution in [1.29, 1.82) is 0 Å². The number of hydrogen-bond acceptors (Lipinski definition) is 2. The summed E-state index contributed by atoms with van der Waals surface area (Å²) >= 11 is 0. The minimum Gasteiger partial charge on any atom is -0.490 e. The first-order valence-electron chi connectivity index (χ1n) is 7.40. The van der Waals surface area contributed by atoms with E-state index >= 15 is 0 Å². The lowest BCUT2D eigenvalue weighted by atomic mass is 10.1. The summed E-state index contributed by atoms with van der Waals surface area (Å²) in [5.74, 6) is 0.488. The van der Waals surface area contributed by atoms with Crippen molar-refractivity contribution in [2.24, 2.45) is 0 Å². The molecule has 19 heavy (non-hydrogen) atoms. The Kier molecular flexibility index (Phi) is 5.20. The minimum absolute atomic E-state index is 0.0421. The van der Waals surface area contributed by atoms with E-state index in [1.165, 1.54) is 18.9 Å². The van der Waals surface area contributed by atoms with Crippen molar-refractivity contribution in [2.45, 2.75) is 58.1 Å². The van der Waals surface area contributed by atoms with Gasteiger partial charge in [0.05, 0.1) is 6.10 Å². The maximum Gasteiger partial charge on any atom is 0.131 e. The molecule has 1 aliphatic carbocycles. The van der Waals surface area contributed by atoms with E-state index in [0.717, 1.165) is 25.8 Å². The Morgan fingerprint density at radius 1 is 1.37 bits per heavy atom. The molecule has 106 valence electrons. The van der Waals surface area contributed by atoms with Gasteiger partial charge >= 0.3 is 0 Å². The smallest absolute Gasteiger partial charge is 0.131 e. The Morgan fingerprint density at radius 2 is 2.11 bits per heavy atom. The molecule has 0 amide bonds. The van der Waals surface area contributed by atoms with Crippen molar-refractivity contribution < 1.29 is 9.13 Å². The predicted molar refractivity (Wildman–Crippen MR) is 76.0 cm³/mol. The normalized spacial score (nSPS) is 17.6. The number of nitrogens with one attached hydrogen (secondary N) is 1. The van der Waals surface area contributed by atoms with Gasteiger partial charge in [0, 0.05) is 17.7 Å². The Bertz CT molecular complexity index is 402. The summed E-state index contributed by atoms with van der Waals surface area (Å²) in [6.45, 7) is 5.00. The zero-order valence-electron chi connectivity index (χ0n) is 11.9. The van der Waals surface area contributed by atoms with E-state index in [9.17, 15) is 4.39 Å². The molecule has 1 aliphatic rings. The largest absolute Gasteiger partial charge is 0.490 e. The fourth-order valence-electron chi connectivity index (χ4n) is 2.60. The zero-order valence-corrected chi connectivity index (χ0v) is 11.9. The summed E-state index contributed by atoms with van der Waals surface area (Å²) in [7, 11) is 0. The van der Waals surface area contributed by atoms with Crippen molar-refractivity contribution in [3.8, 4) is 5.75 Å². The van der Waals surface area contributed by atoms with Crippen molar-refractivity contribution in [3.63, 3.8) is 0 Å². The summed E-state index contributed by atoms with van der Waals surface area (Å²) in [4.78, 5) is 0. The third-order valence-electron chi connectivity index (χ3n) is 3.74. The van der Waals surface area contributed by atoms with Crippen LogP contribution in [0.15, 0.2) is 18.2 Å². The van der Waals surface area contributed by atoms with E-state index in [-0.39, 0.29) is 18.0 Å². The summed E-state index contributed by atoms with van der Waals surface area (Å²) in [5.41, 5.74) is 0.715. The quantitative estimate of drug-likeness (QED) is 0.832. The second kappa shape index (κ2) is 6.90. The summed E-state index contributed by atoms with van der Waals surface area (Å²) in [5, 5.41) is 3.30. The molecule has 0 aliphatic heterocycles. The average molecular weight is 265 g/mol. The highest BCUT2D eigenvalue weighted by Gasteiger charge is 2.17. The molecule has 1 aromatic carbocycles. The van der Waals surface area contributed by atoms with Gasteiger partial charge in [0.25, 0.3) is 0 Å². The van der Waals surface area contributed by atoms with Gasteiger partial charge in [-0.05, 0) is 51.6 Å². The van der Waals surface area contributed by atoms with Gasteiger partial charge in [0.15, 0.2) is 0 Å². The molecule has 0 spiro atoms. The molecule has 0 radical (unpaired) electrons. The topological polar surface area (TPSA) is 21.3 Å². The molecule has 1 atom stereocenters. The molecule has 0 heterocycles. The van der Waals surface area contributed by atoms with E-state index in [4.69, 9.17) is 4.74 Å². The molecule has 2 rings (SSSR count). The van der Waals surface area contributed by atoms with Crippen LogP contribution < -0.4 is 10.1 Å². The molecule has 2 nitrogen and oxygen atoms in total. The van der Waals surface area contributed by atoms with Crippen LogP contribution in [0.1, 0.15) is 57.6 Å². The molecule has 0 aromatic heterocycles. The van der Waals surface area contributed by atoms with Gasteiger partial charge in [-0.3, -0.25) is 0 Å².